The molecule has 0 spiro atoms. The standard InChI is InChI=1S/C11H8ClIN2OS/c1-6-2-3-14-10(12)9(6)15-11(16)7-4-8(13)17-5-7/h2-5H,1H3,(H,15,16). The molecular formula is C11H8ClIN2OS. The van der Waals surface area contributed by atoms with Crippen molar-refractivity contribution in [2.45, 2.75) is 6.92 Å². The van der Waals surface area contributed by atoms with E-state index in [2.05, 4.69) is 32.9 Å². The molecule has 0 fully saturated rings. The Morgan fingerprint density at radius 1 is 1.59 bits per heavy atom. The molecule has 2 aromatic rings. The van der Waals surface area contributed by atoms with Gasteiger partial charge in [0.1, 0.15) is 0 Å². The third kappa shape index (κ3) is 2.97. The fourth-order valence-electron chi connectivity index (χ4n) is 1.29. The van der Waals surface area contributed by atoms with E-state index in [4.69, 9.17) is 11.6 Å². The molecule has 17 heavy (non-hydrogen) atoms. The van der Waals surface area contributed by atoms with Crippen molar-refractivity contribution in [1.29, 1.82) is 0 Å². The Morgan fingerprint density at radius 2 is 2.35 bits per heavy atom. The third-order valence-electron chi connectivity index (χ3n) is 2.18. The average molecular weight is 379 g/mol. The highest BCUT2D eigenvalue weighted by atomic mass is 127. The fraction of sp³-hybridized carbons (Fsp3) is 0.0909. The average Bonchev–Trinajstić information content (AvgIpc) is 2.70. The van der Waals surface area contributed by atoms with Crippen LogP contribution in [0.3, 0.4) is 0 Å². The molecule has 88 valence electrons. The van der Waals surface area contributed by atoms with Gasteiger partial charge in [-0.1, -0.05) is 11.6 Å². The van der Waals surface area contributed by atoms with Crippen molar-refractivity contribution in [2.24, 2.45) is 0 Å². The molecule has 0 saturated carbocycles. The van der Waals surface area contributed by atoms with Gasteiger partial charge in [-0.25, -0.2) is 4.98 Å². The van der Waals surface area contributed by atoms with Gasteiger partial charge in [-0.15, -0.1) is 11.3 Å². The predicted octanol–water partition coefficient (Wildman–Crippen LogP) is 3.96. The number of hydrogen-bond acceptors (Lipinski definition) is 3. The highest BCUT2D eigenvalue weighted by molar-refractivity contribution is 14.1. The van der Waals surface area contributed by atoms with E-state index in [0.717, 1.165) is 8.45 Å². The van der Waals surface area contributed by atoms with Crippen molar-refractivity contribution in [3.63, 3.8) is 0 Å². The predicted molar refractivity (Wildman–Crippen MR) is 79.0 cm³/mol. The van der Waals surface area contributed by atoms with E-state index in [1.165, 1.54) is 11.3 Å². The number of aryl methyl sites for hydroxylation is 1. The van der Waals surface area contributed by atoms with Gasteiger partial charge in [0.2, 0.25) is 0 Å². The quantitative estimate of drug-likeness (QED) is 0.635. The number of nitrogens with one attached hydrogen (secondary N) is 1. The lowest BCUT2D eigenvalue weighted by Gasteiger charge is -2.08. The van der Waals surface area contributed by atoms with Crippen LogP contribution in [-0.2, 0) is 0 Å². The Kier molecular flexibility index (Phi) is 4.01. The molecule has 0 saturated heterocycles. The number of pyridine rings is 1. The highest BCUT2D eigenvalue weighted by Crippen LogP contribution is 2.24. The molecule has 3 nitrogen and oxygen atoms in total. The lowest BCUT2D eigenvalue weighted by atomic mass is 10.2. The van der Waals surface area contributed by atoms with Gasteiger partial charge in [0.05, 0.1) is 14.1 Å². The molecule has 1 amide bonds. The Bertz CT molecular complexity index is 550. The first kappa shape index (κ1) is 12.8. The summed E-state index contributed by atoms with van der Waals surface area (Å²) in [5.41, 5.74) is 2.10. The lowest BCUT2D eigenvalue weighted by Crippen LogP contribution is -2.12. The highest BCUT2D eigenvalue weighted by Gasteiger charge is 2.12. The maximum Gasteiger partial charge on any atom is 0.256 e. The number of rotatable bonds is 2. The van der Waals surface area contributed by atoms with Gasteiger partial charge in [0.15, 0.2) is 5.15 Å². The molecule has 6 heteroatoms. The number of carbonyl (C=O) groups is 1. The Hall–Kier alpha value is -0.660. The minimum atomic E-state index is -0.165. The van der Waals surface area contributed by atoms with Gasteiger partial charge in [0, 0.05) is 11.6 Å². The largest absolute Gasteiger partial charge is 0.319 e. The van der Waals surface area contributed by atoms with E-state index in [1.807, 2.05) is 18.4 Å². The summed E-state index contributed by atoms with van der Waals surface area (Å²) in [6.45, 7) is 1.88. The first-order valence-electron chi connectivity index (χ1n) is 4.74. The van der Waals surface area contributed by atoms with E-state index in [-0.39, 0.29) is 5.91 Å². The van der Waals surface area contributed by atoms with Crippen LogP contribution in [0.25, 0.3) is 0 Å². The van der Waals surface area contributed by atoms with Gasteiger partial charge in [0.25, 0.3) is 5.91 Å². The summed E-state index contributed by atoms with van der Waals surface area (Å²) in [6, 6.07) is 3.64. The second kappa shape index (κ2) is 5.32. The zero-order valence-electron chi connectivity index (χ0n) is 8.83. The fourth-order valence-corrected chi connectivity index (χ4v) is 2.87. The summed E-state index contributed by atoms with van der Waals surface area (Å²) in [4.78, 5) is 15.9. The number of nitrogens with zero attached hydrogens (tertiary/aromatic N) is 1. The van der Waals surface area contributed by atoms with Gasteiger partial charge in [-0.2, -0.15) is 0 Å². The molecule has 2 aromatic heterocycles. The summed E-state index contributed by atoms with van der Waals surface area (Å²) < 4.78 is 1.07. The summed E-state index contributed by atoms with van der Waals surface area (Å²) in [6.07, 6.45) is 1.61. The van der Waals surface area contributed by atoms with Crippen molar-refractivity contribution >= 4 is 57.1 Å². The van der Waals surface area contributed by atoms with Crippen molar-refractivity contribution in [3.05, 3.63) is 42.9 Å². The molecule has 0 unspecified atom stereocenters. The van der Waals surface area contributed by atoms with Gasteiger partial charge in [-0.05, 0) is 47.2 Å². The molecule has 0 aliphatic rings. The molecule has 2 rings (SSSR count). The van der Waals surface area contributed by atoms with E-state index < -0.39 is 0 Å². The molecular weight excluding hydrogens is 371 g/mol. The van der Waals surface area contributed by atoms with Crippen LogP contribution >= 0.6 is 45.5 Å². The van der Waals surface area contributed by atoms with Crippen molar-refractivity contribution in [3.8, 4) is 0 Å². The second-order valence-corrected chi connectivity index (χ2v) is 6.55. The maximum absolute atomic E-state index is 11.9. The number of aromatic nitrogens is 1. The Balaban J connectivity index is 2.24. The van der Waals surface area contributed by atoms with Crippen LogP contribution in [0.15, 0.2) is 23.7 Å². The molecule has 0 bridgehead atoms. The van der Waals surface area contributed by atoms with Crippen LogP contribution in [0.1, 0.15) is 15.9 Å². The minimum Gasteiger partial charge on any atom is -0.319 e. The molecule has 2 heterocycles. The molecule has 0 radical (unpaired) electrons. The van der Waals surface area contributed by atoms with Gasteiger partial charge in [-0.3, -0.25) is 4.79 Å². The Morgan fingerprint density at radius 3 is 2.94 bits per heavy atom. The van der Waals surface area contributed by atoms with Gasteiger partial charge >= 0.3 is 0 Å². The van der Waals surface area contributed by atoms with E-state index >= 15 is 0 Å². The number of thiophene rings is 1. The Labute approximate surface area is 121 Å². The molecule has 0 atom stereocenters. The van der Waals surface area contributed by atoms with E-state index in [9.17, 15) is 4.79 Å². The zero-order chi connectivity index (χ0) is 12.4. The summed E-state index contributed by atoms with van der Waals surface area (Å²) >= 11 is 9.65. The molecule has 1 N–H and O–H groups in total. The molecule has 0 aromatic carbocycles. The van der Waals surface area contributed by atoms with Crippen LogP contribution in [0.2, 0.25) is 5.15 Å². The summed E-state index contributed by atoms with van der Waals surface area (Å²) in [5, 5.41) is 4.90. The van der Waals surface area contributed by atoms with Crippen LogP contribution in [0.4, 0.5) is 5.69 Å². The third-order valence-corrected chi connectivity index (χ3v) is 4.26. The van der Waals surface area contributed by atoms with E-state index in [0.29, 0.717) is 16.4 Å². The first-order valence-corrected chi connectivity index (χ1v) is 7.08. The smallest absolute Gasteiger partial charge is 0.256 e. The number of hydrogen-bond donors (Lipinski definition) is 1. The SMILES string of the molecule is Cc1ccnc(Cl)c1NC(=O)c1csc(I)c1. The van der Waals surface area contributed by atoms with Crippen molar-refractivity contribution < 1.29 is 4.79 Å². The number of amides is 1. The zero-order valence-corrected chi connectivity index (χ0v) is 12.6. The monoisotopic (exact) mass is 378 g/mol. The van der Waals surface area contributed by atoms with Crippen LogP contribution in [0.5, 0.6) is 0 Å². The minimum absolute atomic E-state index is 0.165. The molecule has 0 aliphatic heterocycles. The second-order valence-electron chi connectivity index (χ2n) is 3.39. The topological polar surface area (TPSA) is 42.0 Å². The van der Waals surface area contributed by atoms with Crippen LogP contribution < -0.4 is 5.32 Å². The summed E-state index contributed by atoms with van der Waals surface area (Å²) in [7, 11) is 0. The van der Waals surface area contributed by atoms with Crippen molar-refractivity contribution in [2.75, 3.05) is 5.32 Å². The maximum atomic E-state index is 11.9. The van der Waals surface area contributed by atoms with Crippen LogP contribution in [0, 0.1) is 9.81 Å². The molecule has 0 aliphatic carbocycles. The van der Waals surface area contributed by atoms with Crippen molar-refractivity contribution in [1.82, 2.24) is 4.98 Å². The number of halogens is 2. The first-order chi connectivity index (χ1) is 8.08. The summed E-state index contributed by atoms with van der Waals surface area (Å²) in [5.74, 6) is -0.165. The van der Waals surface area contributed by atoms with E-state index in [1.54, 1.807) is 12.3 Å². The van der Waals surface area contributed by atoms with Gasteiger partial charge < -0.3 is 5.32 Å². The normalized spacial score (nSPS) is 10.3. The van der Waals surface area contributed by atoms with Crippen LogP contribution in [-0.4, -0.2) is 10.9 Å². The number of anilines is 1. The number of carbonyl (C=O) groups excluding carboxylic acids is 1. The lowest BCUT2D eigenvalue weighted by molar-refractivity contribution is 0.102.